The van der Waals surface area contributed by atoms with Crippen molar-refractivity contribution in [2.45, 2.75) is 20.3 Å². The molecule has 2 aromatic carbocycles. The number of hydrogen-bond donors (Lipinski definition) is 0. The molecule has 18 heavy (non-hydrogen) atoms. The van der Waals surface area contributed by atoms with E-state index in [2.05, 4.69) is 61.7 Å². The van der Waals surface area contributed by atoms with Crippen LogP contribution in [0, 0.1) is 6.92 Å². The molecule has 0 nitrogen and oxygen atoms in total. The summed E-state index contributed by atoms with van der Waals surface area (Å²) in [5, 5.41) is 3.68. The first kappa shape index (κ1) is 11.5. The van der Waals surface area contributed by atoms with E-state index < -0.39 is 0 Å². The van der Waals surface area contributed by atoms with Crippen molar-refractivity contribution in [1.82, 2.24) is 0 Å². The zero-order chi connectivity index (χ0) is 12.5. The molecular formula is C17H16S. The quantitative estimate of drug-likeness (QED) is 0.569. The Kier molecular flexibility index (Phi) is 2.92. The molecule has 0 saturated heterocycles. The minimum Gasteiger partial charge on any atom is -0.143 e. The Balaban J connectivity index is 2.33. The third-order valence-corrected chi connectivity index (χ3v) is 4.45. The van der Waals surface area contributed by atoms with E-state index in [1.54, 1.807) is 0 Å². The lowest BCUT2D eigenvalue weighted by atomic mass is 9.93. The summed E-state index contributed by atoms with van der Waals surface area (Å²) in [7, 11) is 0. The molecule has 0 amide bonds. The summed E-state index contributed by atoms with van der Waals surface area (Å²) < 4.78 is 1.37. The van der Waals surface area contributed by atoms with Crippen molar-refractivity contribution in [1.29, 1.82) is 0 Å². The van der Waals surface area contributed by atoms with Gasteiger partial charge in [0.15, 0.2) is 0 Å². The average molecular weight is 252 g/mol. The molecule has 0 radical (unpaired) electrons. The molecule has 0 saturated carbocycles. The van der Waals surface area contributed by atoms with Crippen LogP contribution in [0.4, 0.5) is 0 Å². The average Bonchev–Trinajstić information content (AvgIpc) is 2.82. The van der Waals surface area contributed by atoms with Crippen molar-refractivity contribution < 1.29 is 0 Å². The maximum Gasteiger partial charge on any atom is 0.0349 e. The third kappa shape index (κ3) is 1.75. The Bertz CT molecular complexity index is 692. The molecule has 3 rings (SSSR count). The third-order valence-electron chi connectivity index (χ3n) is 3.49. The van der Waals surface area contributed by atoms with Crippen LogP contribution in [-0.2, 0) is 6.42 Å². The monoisotopic (exact) mass is 252 g/mol. The van der Waals surface area contributed by atoms with Crippen molar-refractivity contribution in [2.75, 3.05) is 0 Å². The molecule has 0 aliphatic carbocycles. The molecular weight excluding hydrogens is 236 g/mol. The largest absolute Gasteiger partial charge is 0.143 e. The number of aryl methyl sites for hydroxylation is 2. The number of fused-ring (bicyclic) bond motifs is 1. The second kappa shape index (κ2) is 4.58. The van der Waals surface area contributed by atoms with Gasteiger partial charge in [0.25, 0.3) is 0 Å². The maximum atomic E-state index is 2.30. The van der Waals surface area contributed by atoms with Gasteiger partial charge in [0.2, 0.25) is 0 Å². The first-order chi connectivity index (χ1) is 8.81. The summed E-state index contributed by atoms with van der Waals surface area (Å²) in [5.41, 5.74) is 5.64. The van der Waals surface area contributed by atoms with Crippen LogP contribution in [0.2, 0.25) is 0 Å². The highest BCUT2D eigenvalue weighted by molar-refractivity contribution is 7.17. The van der Waals surface area contributed by atoms with Gasteiger partial charge in [-0.3, -0.25) is 0 Å². The summed E-state index contributed by atoms with van der Waals surface area (Å²) in [6, 6.07) is 15.3. The van der Waals surface area contributed by atoms with Crippen LogP contribution >= 0.6 is 11.3 Å². The smallest absolute Gasteiger partial charge is 0.0349 e. The Morgan fingerprint density at radius 1 is 1.00 bits per heavy atom. The second-order valence-electron chi connectivity index (χ2n) is 4.61. The van der Waals surface area contributed by atoms with E-state index in [-0.39, 0.29) is 0 Å². The van der Waals surface area contributed by atoms with Crippen molar-refractivity contribution in [3.8, 4) is 11.1 Å². The summed E-state index contributed by atoms with van der Waals surface area (Å²) in [6.07, 6.45) is 1.08. The SMILES string of the molecule is CCc1cccc(C)c1-c1csc2ccccc12. The molecule has 0 spiro atoms. The molecule has 1 aromatic heterocycles. The number of rotatable bonds is 2. The number of benzene rings is 2. The van der Waals surface area contributed by atoms with Crippen LogP contribution in [0.1, 0.15) is 18.1 Å². The zero-order valence-electron chi connectivity index (χ0n) is 10.7. The molecule has 0 bridgehead atoms. The van der Waals surface area contributed by atoms with Gasteiger partial charge >= 0.3 is 0 Å². The molecule has 1 heteroatoms. The van der Waals surface area contributed by atoms with E-state index in [1.807, 2.05) is 11.3 Å². The van der Waals surface area contributed by atoms with Crippen LogP contribution in [0.3, 0.4) is 0 Å². The van der Waals surface area contributed by atoms with Gasteiger partial charge in [0, 0.05) is 15.6 Å². The minimum absolute atomic E-state index is 1.08. The summed E-state index contributed by atoms with van der Waals surface area (Å²) in [5.74, 6) is 0. The highest BCUT2D eigenvalue weighted by Crippen LogP contribution is 2.37. The lowest BCUT2D eigenvalue weighted by molar-refractivity contribution is 1.14. The standard InChI is InChI=1S/C17H16S/c1-3-13-8-6-7-12(2)17(13)15-11-18-16-10-5-4-9-14(15)16/h4-11H,3H2,1-2H3. The van der Waals surface area contributed by atoms with E-state index in [0.29, 0.717) is 0 Å². The highest BCUT2D eigenvalue weighted by atomic mass is 32.1. The van der Waals surface area contributed by atoms with Crippen molar-refractivity contribution >= 4 is 21.4 Å². The normalized spacial score (nSPS) is 11.0. The maximum absolute atomic E-state index is 2.30. The molecule has 0 fully saturated rings. The first-order valence-electron chi connectivity index (χ1n) is 6.36. The molecule has 0 unspecified atom stereocenters. The zero-order valence-corrected chi connectivity index (χ0v) is 11.6. The minimum atomic E-state index is 1.08. The van der Waals surface area contributed by atoms with Gasteiger partial charge in [-0.2, -0.15) is 0 Å². The van der Waals surface area contributed by atoms with E-state index >= 15 is 0 Å². The van der Waals surface area contributed by atoms with Gasteiger partial charge in [-0.1, -0.05) is 43.3 Å². The fraction of sp³-hybridized carbons (Fsp3) is 0.176. The predicted octanol–water partition coefficient (Wildman–Crippen LogP) is 5.44. The number of hydrogen-bond acceptors (Lipinski definition) is 1. The van der Waals surface area contributed by atoms with Gasteiger partial charge in [0.1, 0.15) is 0 Å². The Hall–Kier alpha value is -1.60. The van der Waals surface area contributed by atoms with Crippen molar-refractivity contribution in [3.63, 3.8) is 0 Å². The molecule has 3 aromatic rings. The number of thiophene rings is 1. The lowest BCUT2D eigenvalue weighted by Gasteiger charge is -2.10. The summed E-state index contributed by atoms with van der Waals surface area (Å²) >= 11 is 1.84. The van der Waals surface area contributed by atoms with Crippen LogP contribution in [0.25, 0.3) is 21.2 Å². The molecule has 0 aliphatic heterocycles. The van der Waals surface area contributed by atoms with Gasteiger partial charge in [-0.05, 0) is 41.5 Å². The van der Waals surface area contributed by atoms with Gasteiger partial charge in [-0.15, -0.1) is 11.3 Å². The van der Waals surface area contributed by atoms with E-state index in [0.717, 1.165) is 6.42 Å². The van der Waals surface area contributed by atoms with E-state index in [9.17, 15) is 0 Å². The van der Waals surface area contributed by atoms with Crippen molar-refractivity contribution in [2.24, 2.45) is 0 Å². The molecule has 1 heterocycles. The fourth-order valence-corrected chi connectivity index (χ4v) is 3.53. The second-order valence-corrected chi connectivity index (χ2v) is 5.52. The first-order valence-corrected chi connectivity index (χ1v) is 7.24. The van der Waals surface area contributed by atoms with Crippen LogP contribution in [-0.4, -0.2) is 0 Å². The van der Waals surface area contributed by atoms with E-state index in [1.165, 1.54) is 32.3 Å². The van der Waals surface area contributed by atoms with Gasteiger partial charge < -0.3 is 0 Å². The van der Waals surface area contributed by atoms with E-state index in [4.69, 9.17) is 0 Å². The van der Waals surface area contributed by atoms with Crippen LogP contribution in [0.15, 0.2) is 47.8 Å². The predicted molar refractivity (Wildman–Crippen MR) is 81.4 cm³/mol. The lowest BCUT2D eigenvalue weighted by Crippen LogP contribution is -1.90. The van der Waals surface area contributed by atoms with Gasteiger partial charge in [-0.25, -0.2) is 0 Å². The summed E-state index contributed by atoms with van der Waals surface area (Å²) in [6.45, 7) is 4.44. The molecule has 0 atom stereocenters. The fourth-order valence-electron chi connectivity index (χ4n) is 2.58. The highest BCUT2D eigenvalue weighted by Gasteiger charge is 2.11. The molecule has 0 N–H and O–H groups in total. The Morgan fingerprint density at radius 3 is 2.67 bits per heavy atom. The topological polar surface area (TPSA) is 0 Å². The Morgan fingerprint density at radius 2 is 1.83 bits per heavy atom. The molecule has 90 valence electrons. The van der Waals surface area contributed by atoms with Crippen LogP contribution in [0.5, 0.6) is 0 Å². The summed E-state index contributed by atoms with van der Waals surface area (Å²) in [4.78, 5) is 0. The van der Waals surface area contributed by atoms with Crippen LogP contribution < -0.4 is 0 Å². The Labute approximate surface area is 112 Å². The van der Waals surface area contributed by atoms with Crippen molar-refractivity contribution in [3.05, 3.63) is 59.0 Å². The van der Waals surface area contributed by atoms with Gasteiger partial charge in [0.05, 0.1) is 0 Å². The molecule has 0 aliphatic rings.